The van der Waals surface area contributed by atoms with E-state index in [0.29, 0.717) is 48.0 Å². The van der Waals surface area contributed by atoms with Crippen LogP contribution in [0, 0.1) is 11.6 Å². The van der Waals surface area contributed by atoms with Gasteiger partial charge in [0.2, 0.25) is 11.7 Å². The third-order valence-electron chi connectivity index (χ3n) is 5.74. The minimum absolute atomic E-state index is 0.0686. The lowest BCUT2D eigenvalue weighted by atomic mass is 10.1. The monoisotopic (exact) mass is 546 g/mol. The molecule has 0 amide bonds. The van der Waals surface area contributed by atoms with E-state index in [4.69, 9.17) is 4.52 Å². The van der Waals surface area contributed by atoms with E-state index in [0.717, 1.165) is 25.3 Å². The first-order chi connectivity index (χ1) is 17.0. The van der Waals surface area contributed by atoms with E-state index >= 15 is 0 Å². The fourth-order valence-electron chi connectivity index (χ4n) is 4.00. The van der Waals surface area contributed by atoms with Crippen LogP contribution in [0.25, 0.3) is 16.9 Å². The molecular formula is C22H21BrF2N8O2. The van der Waals surface area contributed by atoms with Crippen molar-refractivity contribution >= 4 is 33.1 Å². The molecule has 0 aliphatic carbocycles. The van der Waals surface area contributed by atoms with Gasteiger partial charge >= 0.3 is 0 Å². The van der Waals surface area contributed by atoms with Crippen molar-refractivity contribution in [2.24, 2.45) is 0 Å². The number of benzene rings is 1. The first-order valence-corrected chi connectivity index (χ1v) is 11.9. The molecule has 0 fully saturated rings. The van der Waals surface area contributed by atoms with Gasteiger partial charge in [-0.3, -0.25) is 13.0 Å². The molecule has 0 saturated heterocycles. The van der Waals surface area contributed by atoms with Crippen LogP contribution in [0.3, 0.4) is 0 Å². The van der Waals surface area contributed by atoms with Crippen LogP contribution in [-0.2, 0) is 25.8 Å². The molecule has 0 aliphatic rings. The topological polar surface area (TPSA) is 109 Å². The Balaban J connectivity index is 1.40. The lowest BCUT2D eigenvalue weighted by molar-refractivity contribution is 0.372. The summed E-state index contributed by atoms with van der Waals surface area (Å²) < 4.78 is 37.2. The molecule has 1 aromatic carbocycles. The number of halogens is 3. The second-order valence-corrected chi connectivity index (χ2v) is 8.92. The van der Waals surface area contributed by atoms with Gasteiger partial charge in [-0.1, -0.05) is 31.0 Å². The Morgan fingerprint density at radius 2 is 2.00 bits per heavy atom. The van der Waals surface area contributed by atoms with Crippen LogP contribution in [0.2, 0.25) is 0 Å². The zero-order valence-corrected chi connectivity index (χ0v) is 20.4. The van der Waals surface area contributed by atoms with Gasteiger partial charge in [-0.15, -0.1) is 10.2 Å². The van der Waals surface area contributed by atoms with Crippen LogP contribution in [0.15, 0.2) is 33.8 Å². The van der Waals surface area contributed by atoms with Crippen molar-refractivity contribution in [1.29, 1.82) is 0 Å². The highest BCUT2D eigenvalue weighted by atomic mass is 79.9. The molecule has 0 aliphatic heterocycles. The van der Waals surface area contributed by atoms with Crippen molar-refractivity contribution < 1.29 is 13.3 Å². The lowest BCUT2D eigenvalue weighted by Gasteiger charge is -2.09. The summed E-state index contributed by atoms with van der Waals surface area (Å²) in [6.07, 6.45) is 5.25. The second kappa shape index (κ2) is 9.64. The smallest absolute Gasteiger partial charge is 0.287 e. The van der Waals surface area contributed by atoms with Gasteiger partial charge in [0, 0.05) is 31.9 Å². The minimum atomic E-state index is -0.668. The van der Waals surface area contributed by atoms with Crippen molar-refractivity contribution in [3.8, 4) is 0 Å². The van der Waals surface area contributed by atoms with Crippen molar-refractivity contribution in [3.05, 3.63) is 69.6 Å². The molecule has 0 saturated carbocycles. The maximum atomic E-state index is 13.9. The van der Waals surface area contributed by atoms with Crippen LogP contribution >= 0.6 is 16.1 Å². The number of fused-ring (bicyclic) bond motifs is 2. The highest BCUT2D eigenvalue weighted by Crippen LogP contribution is 2.17. The van der Waals surface area contributed by atoms with Gasteiger partial charge in [-0.05, 0) is 18.1 Å². The molecule has 5 aromatic rings. The van der Waals surface area contributed by atoms with Gasteiger partial charge in [0.25, 0.3) is 5.56 Å². The Labute approximate surface area is 205 Å². The van der Waals surface area contributed by atoms with Gasteiger partial charge < -0.3 is 4.52 Å². The Morgan fingerprint density at radius 1 is 1.14 bits per heavy atom. The first-order valence-electron chi connectivity index (χ1n) is 11.2. The van der Waals surface area contributed by atoms with E-state index in [1.807, 2.05) is 4.57 Å². The average Bonchev–Trinajstić information content (AvgIpc) is 3.56. The summed E-state index contributed by atoms with van der Waals surface area (Å²) in [5, 5.41) is 12.4. The maximum Gasteiger partial charge on any atom is 0.287 e. The number of unbranched alkanes of at least 4 members (excludes halogenated alkanes) is 2. The molecule has 0 bridgehead atoms. The molecule has 182 valence electrons. The van der Waals surface area contributed by atoms with Crippen LogP contribution in [0.5, 0.6) is 0 Å². The Bertz CT molecular complexity index is 1570. The third-order valence-corrected chi connectivity index (χ3v) is 6.28. The quantitative estimate of drug-likeness (QED) is 0.260. The molecule has 0 unspecified atom stereocenters. The maximum absolute atomic E-state index is 13.9. The Kier molecular flexibility index (Phi) is 6.41. The van der Waals surface area contributed by atoms with Crippen LogP contribution in [0.4, 0.5) is 8.78 Å². The van der Waals surface area contributed by atoms with E-state index < -0.39 is 11.6 Å². The zero-order valence-electron chi connectivity index (χ0n) is 18.8. The van der Waals surface area contributed by atoms with E-state index in [9.17, 15) is 13.6 Å². The molecule has 0 N–H and O–H groups in total. The predicted molar refractivity (Wildman–Crippen MR) is 125 cm³/mol. The average molecular weight is 547 g/mol. The number of aromatic nitrogens is 8. The number of hydrogen-bond acceptors (Lipinski definition) is 7. The van der Waals surface area contributed by atoms with Crippen LogP contribution < -0.4 is 5.56 Å². The number of hydrogen-bond donors (Lipinski definition) is 0. The Morgan fingerprint density at radius 3 is 2.80 bits per heavy atom. The van der Waals surface area contributed by atoms with Gasteiger partial charge in [0.1, 0.15) is 23.8 Å². The first kappa shape index (κ1) is 23.3. The van der Waals surface area contributed by atoms with E-state index in [-0.39, 0.29) is 23.4 Å². The summed E-state index contributed by atoms with van der Waals surface area (Å²) in [7, 11) is 0. The van der Waals surface area contributed by atoms with Gasteiger partial charge in [-0.25, -0.2) is 18.2 Å². The molecule has 0 spiro atoms. The Hall–Kier alpha value is -3.48. The van der Waals surface area contributed by atoms with Gasteiger partial charge in [-0.2, -0.15) is 4.98 Å². The number of imidazole rings is 1. The summed E-state index contributed by atoms with van der Waals surface area (Å²) in [4.78, 5) is 21.9. The molecule has 0 atom stereocenters. The summed E-state index contributed by atoms with van der Waals surface area (Å²) in [5.74, 6) is 0.157. The van der Waals surface area contributed by atoms with Crippen LogP contribution in [-0.4, -0.2) is 37.9 Å². The molecule has 4 aromatic heterocycles. The fraction of sp³-hybridized carbons (Fsp3) is 0.364. The number of nitrogens with zero attached hydrogens (tertiary/aromatic N) is 8. The lowest BCUT2D eigenvalue weighted by Crippen LogP contribution is -2.22. The van der Waals surface area contributed by atoms with Crippen molar-refractivity contribution in [1.82, 2.24) is 37.9 Å². The normalized spacial score (nSPS) is 11.8. The SMILES string of the molecule is CCCCCn1c2ncn(Br)c2c(=O)n2c(CCc3nc(Cc4ccc(F)cc4F)no3)nnc12. The van der Waals surface area contributed by atoms with Gasteiger partial charge in [0.15, 0.2) is 17.0 Å². The molecular weight excluding hydrogens is 526 g/mol. The molecule has 5 rings (SSSR count). The van der Waals surface area contributed by atoms with E-state index in [2.05, 4.69) is 48.4 Å². The summed E-state index contributed by atoms with van der Waals surface area (Å²) in [6.45, 7) is 2.78. The van der Waals surface area contributed by atoms with E-state index in [1.54, 1.807) is 6.33 Å². The minimum Gasteiger partial charge on any atom is -0.339 e. The third kappa shape index (κ3) is 4.47. The molecule has 4 heterocycles. The predicted octanol–water partition coefficient (Wildman–Crippen LogP) is 3.63. The summed E-state index contributed by atoms with van der Waals surface area (Å²) in [6, 6.07) is 3.35. The van der Waals surface area contributed by atoms with Crippen LogP contribution in [0.1, 0.15) is 49.3 Å². The van der Waals surface area contributed by atoms with Crippen molar-refractivity contribution in [3.63, 3.8) is 0 Å². The standard InChI is InChI=1S/C22H21BrF2N8O2/c1-2-3-4-9-31-20-19(32(23)12-26-20)21(34)33-17(28-29-22(31)33)7-8-18-27-16(30-35-18)10-13-5-6-14(24)11-15(13)25/h5-6,11-12H,2-4,7-10H2,1H3. The zero-order chi connectivity index (χ0) is 24.5. The highest BCUT2D eigenvalue weighted by molar-refractivity contribution is 9.08. The molecule has 35 heavy (non-hydrogen) atoms. The van der Waals surface area contributed by atoms with E-state index in [1.165, 1.54) is 20.1 Å². The largest absolute Gasteiger partial charge is 0.339 e. The second-order valence-electron chi connectivity index (χ2n) is 8.16. The molecule has 10 nitrogen and oxygen atoms in total. The van der Waals surface area contributed by atoms with Crippen molar-refractivity contribution in [2.45, 2.75) is 52.0 Å². The van der Waals surface area contributed by atoms with Crippen molar-refractivity contribution in [2.75, 3.05) is 0 Å². The fourth-order valence-corrected chi connectivity index (χ4v) is 4.40. The number of rotatable bonds is 9. The highest BCUT2D eigenvalue weighted by Gasteiger charge is 2.20. The molecule has 13 heteroatoms. The summed E-state index contributed by atoms with van der Waals surface area (Å²) in [5.41, 5.74) is 0.927. The number of aryl methyl sites for hydroxylation is 3. The van der Waals surface area contributed by atoms with Gasteiger partial charge in [0.05, 0.1) is 16.1 Å². The summed E-state index contributed by atoms with van der Waals surface area (Å²) >= 11 is 3.35. The molecule has 0 radical (unpaired) electrons.